The Morgan fingerprint density at radius 3 is 2.45 bits per heavy atom. The lowest BCUT2D eigenvalue weighted by Crippen LogP contribution is -2.35. The van der Waals surface area contributed by atoms with Crippen LogP contribution in [0.4, 0.5) is 11.4 Å². The van der Waals surface area contributed by atoms with Gasteiger partial charge in [0.05, 0.1) is 19.4 Å². The predicted octanol–water partition coefficient (Wildman–Crippen LogP) is 0.328. The minimum absolute atomic E-state index is 0.148. The maximum Gasteiger partial charge on any atom is 0.521 e. The summed E-state index contributed by atoms with van der Waals surface area (Å²) in [5.74, 6) is -0.187. The van der Waals surface area contributed by atoms with Crippen LogP contribution < -0.4 is 10.0 Å². The number of benzene rings is 1. The van der Waals surface area contributed by atoms with E-state index in [1.807, 2.05) is 42.8 Å². The molecule has 1 aromatic carbocycles. The lowest BCUT2D eigenvalue weighted by Gasteiger charge is -2.19. The first-order chi connectivity index (χ1) is 9.40. The Labute approximate surface area is 122 Å². The van der Waals surface area contributed by atoms with Gasteiger partial charge in [0, 0.05) is 29.7 Å². The largest absolute Gasteiger partial charge is 0.548 e. The molecule has 0 fully saturated rings. The smallest absolute Gasteiger partial charge is 0.521 e. The number of thiocarbonyl (C=S) groups is 1. The average molecular weight is 291 g/mol. The van der Waals surface area contributed by atoms with E-state index < -0.39 is 5.97 Å². The molecule has 0 unspecified atom stereocenters. The number of carbonyl (C=O) groups is 1. The summed E-state index contributed by atoms with van der Waals surface area (Å²) < 4.78 is 3.58. The molecule has 20 heavy (non-hydrogen) atoms. The number of amidine groups is 1. The van der Waals surface area contributed by atoms with Crippen molar-refractivity contribution in [2.45, 2.75) is 6.92 Å². The zero-order chi connectivity index (χ0) is 14.9. The Kier molecular flexibility index (Phi) is 3.89. The van der Waals surface area contributed by atoms with E-state index in [2.05, 4.69) is 5.11 Å². The molecule has 1 aliphatic heterocycles. The van der Waals surface area contributed by atoms with E-state index in [0.717, 1.165) is 17.2 Å². The van der Waals surface area contributed by atoms with Gasteiger partial charge in [0.15, 0.2) is 12.7 Å². The highest BCUT2D eigenvalue weighted by Crippen LogP contribution is 2.21. The lowest BCUT2D eigenvalue weighted by atomic mass is 10.2. The first-order valence-electron chi connectivity index (χ1n) is 6.04. The third-order valence-electron chi connectivity index (χ3n) is 3.13. The number of azo groups is 2. The summed E-state index contributed by atoms with van der Waals surface area (Å²) in [6, 6.07) is 7.44. The molecule has 0 amide bonds. The molecule has 0 aromatic heterocycles. The number of carbonyl (C=O) groups excluding carboxylic acids is 1. The molecule has 6 nitrogen and oxygen atoms in total. The molecule has 0 bridgehead atoms. The highest BCUT2D eigenvalue weighted by Gasteiger charge is 2.37. The highest BCUT2D eigenvalue weighted by atomic mass is 32.1. The zero-order valence-electron chi connectivity index (χ0n) is 11.5. The minimum Gasteiger partial charge on any atom is -0.548 e. The van der Waals surface area contributed by atoms with Gasteiger partial charge >= 0.3 is 10.9 Å². The fourth-order valence-corrected chi connectivity index (χ4v) is 2.33. The molecule has 1 aromatic rings. The molecule has 0 spiro atoms. The molecule has 0 atom stereocenters. The van der Waals surface area contributed by atoms with E-state index >= 15 is 0 Å². The fourth-order valence-electron chi connectivity index (χ4n) is 1.97. The lowest BCUT2D eigenvalue weighted by molar-refractivity contribution is -0.469. The van der Waals surface area contributed by atoms with Gasteiger partial charge in [-0.25, -0.2) is 0 Å². The van der Waals surface area contributed by atoms with Crippen molar-refractivity contribution in [3.8, 4) is 0 Å². The summed E-state index contributed by atoms with van der Waals surface area (Å²) in [4.78, 5) is 12.2. The van der Waals surface area contributed by atoms with Crippen molar-refractivity contribution in [3.05, 3.63) is 24.3 Å². The first-order valence-corrected chi connectivity index (χ1v) is 6.45. The number of carboxylic acid groups (broad SMARTS) is 1. The topological polar surface area (TPSA) is 61.7 Å². The summed E-state index contributed by atoms with van der Waals surface area (Å²) in [7, 11) is 3.54. The molecule has 7 heteroatoms. The number of hydrogen-bond donors (Lipinski definition) is 0. The second-order valence-electron chi connectivity index (χ2n) is 4.53. The van der Waals surface area contributed by atoms with E-state index in [-0.39, 0.29) is 6.54 Å². The molecule has 1 aliphatic rings. The third-order valence-corrected chi connectivity index (χ3v) is 3.40. The molecule has 104 valence electrons. The molecule has 0 radical (unpaired) electrons. The van der Waals surface area contributed by atoms with Crippen molar-refractivity contribution >= 4 is 40.5 Å². The predicted molar refractivity (Wildman–Crippen MR) is 76.5 cm³/mol. The second kappa shape index (κ2) is 5.46. The Hall–Kier alpha value is -2.15. The minimum atomic E-state index is -1.11. The molecule has 0 aliphatic carbocycles. The van der Waals surface area contributed by atoms with E-state index in [4.69, 9.17) is 12.2 Å². The highest BCUT2D eigenvalue weighted by molar-refractivity contribution is 7.79. The van der Waals surface area contributed by atoms with E-state index in [9.17, 15) is 9.90 Å². The quantitative estimate of drug-likeness (QED) is 0.592. The SMILES string of the molecule is CC1=[N+](c2ccc(N(C)CC(=O)[O-])cc2)C(=S)N=[N+]1C. The summed E-state index contributed by atoms with van der Waals surface area (Å²) >= 11 is 5.22. The summed E-state index contributed by atoms with van der Waals surface area (Å²) in [6.07, 6.45) is 0. The van der Waals surface area contributed by atoms with Crippen molar-refractivity contribution in [2.75, 3.05) is 25.5 Å². The monoisotopic (exact) mass is 291 g/mol. The molecule has 2 rings (SSSR count). The Balaban J connectivity index is 2.26. The first kappa shape index (κ1) is 14.3. The van der Waals surface area contributed by atoms with Crippen LogP contribution in [0.5, 0.6) is 0 Å². The van der Waals surface area contributed by atoms with Gasteiger partial charge in [0.2, 0.25) is 0 Å². The normalized spacial score (nSPS) is 14.6. The van der Waals surface area contributed by atoms with Crippen molar-refractivity contribution in [3.63, 3.8) is 0 Å². The molecule has 0 saturated carbocycles. The maximum absolute atomic E-state index is 10.6. The molecular weight excluding hydrogens is 276 g/mol. The van der Waals surface area contributed by atoms with Crippen molar-refractivity contribution in [1.82, 2.24) is 0 Å². The van der Waals surface area contributed by atoms with Gasteiger partial charge in [-0.3, -0.25) is 0 Å². The Bertz CT molecular complexity index is 634. The van der Waals surface area contributed by atoms with Gasteiger partial charge in [-0.2, -0.15) is 0 Å². The second-order valence-corrected chi connectivity index (χ2v) is 4.90. The van der Waals surface area contributed by atoms with E-state index in [1.165, 1.54) is 0 Å². The van der Waals surface area contributed by atoms with Crippen LogP contribution >= 0.6 is 12.2 Å². The van der Waals surface area contributed by atoms with Gasteiger partial charge in [0.25, 0.3) is 5.11 Å². The van der Waals surface area contributed by atoms with Crippen LogP contribution in [0, 0.1) is 0 Å². The average Bonchev–Trinajstić information content (AvgIpc) is 2.63. The van der Waals surface area contributed by atoms with Gasteiger partial charge in [-0.05, 0) is 24.3 Å². The Morgan fingerprint density at radius 2 is 2.00 bits per heavy atom. The van der Waals surface area contributed by atoms with Gasteiger partial charge < -0.3 is 14.8 Å². The van der Waals surface area contributed by atoms with Crippen LogP contribution in [-0.2, 0) is 4.79 Å². The van der Waals surface area contributed by atoms with Gasteiger partial charge in [-0.1, -0.05) is 4.58 Å². The van der Waals surface area contributed by atoms with Gasteiger partial charge in [0.1, 0.15) is 0 Å². The van der Waals surface area contributed by atoms with Crippen LogP contribution in [0.3, 0.4) is 0 Å². The summed E-state index contributed by atoms with van der Waals surface area (Å²) in [5.41, 5.74) is 1.69. The van der Waals surface area contributed by atoms with Crippen LogP contribution in [0.15, 0.2) is 29.4 Å². The van der Waals surface area contributed by atoms with Crippen molar-refractivity contribution in [1.29, 1.82) is 0 Å². The van der Waals surface area contributed by atoms with Crippen LogP contribution in [0.1, 0.15) is 6.92 Å². The van der Waals surface area contributed by atoms with Crippen molar-refractivity contribution in [2.24, 2.45) is 5.11 Å². The van der Waals surface area contributed by atoms with E-state index in [0.29, 0.717) is 5.11 Å². The zero-order valence-corrected chi connectivity index (χ0v) is 12.3. The maximum atomic E-state index is 10.6. The number of anilines is 1. The number of aliphatic carboxylic acids is 1. The Morgan fingerprint density at radius 1 is 1.40 bits per heavy atom. The summed E-state index contributed by atoms with van der Waals surface area (Å²) in [5, 5.41) is 15.3. The number of rotatable bonds is 4. The standard InChI is InChI=1S/C13H15N4O2S/c1-9-16(3)14-13(20)17(9)11-6-4-10(5-7-11)15(2)8-12(18)19/h4-7H,8H2,1-3H3/q+1. The van der Waals surface area contributed by atoms with Gasteiger partial charge in [-0.15, -0.1) is 0 Å². The number of likely N-dealkylation sites (N-methyl/N-ethyl adjacent to an activating group) is 1. The van der Waals surface area contributed by atoms with Crippen LogP contribution in [0.2, 0.25) is 0 Å². The molecule has 1 heterocycles. The molecule has 0 N–H and O–H groups in total. The fraction of sp³-hybridized carbons (Fsp3) is 0.308. The van der Waals surface area contributed by atoms with Crippen LogP contribution in [0.25, 0.3) is 0 Å². The van der Waals surface area contributed by atoms with Crippen molar-refractivity contribution < 1.29 is 19.2 Å². The number of carboxylic acids is 1. The summed E-state index contributed by atoms with van der Waals surface area (Å²) in [6.45, 7) is 1.78. The number of nitrogens with zero attached hydrogens (tertiary/aromatic N) is 4. The molecule has 0 saturated heterocycles. The third kappa shape index (κ3) is 2.72. The number of hydrogen-bond acceptors (Lipinski definition) is 4. The van der Waals surface area contributed by atoms with Crippen LogP contribution in [-0.4, -0.2) is 46.8 Å². The van der Waals surface area contributed by atoms with E-state index in [1.54, 1.807) is 16.6 Å². The molecular formula is C13H15N4O2S+.